The molecular weight excluding hydrogens is 368 g/mol. The van der Waals surface area contributed by atoms with Crippen molar-refractivity contribution in [3.8, 4) is 22.4 Å². The van der Waals surface area contributed by atoms with Crippen molar-refractivity contribution >= 4 is 17.7 Å². The van der Waals surface area contributed by atoms with Gasteiger partial charge in [0.25, 0.3) is 5.91 Å². The molecule has 3 heterocycles. The molecule has 1 aliphatic heterocycles. The number of pyridine rings is 1. The van der Waals surface area contributed by atoms with E-state index in [0.717, 1.165) is 51.4 Å². The van der Waals surface area contributed by atoms with Crippen molar-refractivity contribution in [3.05, 3.63) is 54.0 Å². The number of nitrogens with zero attached hydrogens (tertiary/aromatic N) is 3. The van der Waals surface area contributed by atoms with E-state index in [2.05, 4.69) is 36.5 Å². The lowest BCUT2D eigenvalue weighted by atomic mass is 9.98. The lowest BCUT2D eigenvalue weighted by Crippen LogP contribution is -2.12. The molecule has 0 aliphatic carbocycles. The standard InChI is InChI=1S/C22H24N4OS/c1-14(2)6-7-26-13-17(11-25-26)19-9-18(28-3)12-23-21(19)15-4-5-16-10-24-22(27)20(16)8-15/h4-5,8-9,11-14H,6-7,10H2,1-3H3,(H,24,27). The minimum Gasteiger partial charge on any atom is -0.348 e. The summed E-state index contributed by atoms with van der Waals surface area (Å²) in [7, 11) is 0. The molecule has 3 aromatic rings. The average Bonchev–Trinajstić information content (AvgIpc) is 3.33. The summed E-state index contributed by atoms with van der Waals surface area (Å²) in [6.07, 6.45) is 9.03. The van der Waals surface area contributed by atoms with Gasteiger partial charge in [-0.15, -0.1) is 11.8 Å². The molecule has 0 saturated heterocycles. The maximum absolute atomic E-state index is 12.1. The third-order valence-corrected chi connectivity index (χ3v) is 5.74. The van der Waals surface area contributed by atoms with Crippen LogP contribution in [0.1, 0.15) is 36.2 Å². The summed E-state index contributed by atoms with van der Waals surface area (Å²) in [4.78, 5) is 17.9. The summed E-state index contributed by atoms with van der Waals surface area (Å²) in [5.41, 5.74) is 5.70. The summed E-state index contributed by atoms with van der Waals surface area (Å²) in [6.45, 7) is 5.95. The van der Waals surface area contributed by atoms with Crippen LogP contribution in [0, 0.1) is 5.92 Å². The molecule has 1 aliphatic rings. The molecular formula is C22H24N4OS. The van der Waals surface area contributed by atoms with E-state index in [4.69, 9.17) is 4.98 Å². The predicted octanol–water partition coefficient (Wildman–Crippen LogP) is 4.62. The van der Waals surface area contributed by atoms with E-state index in [1.165, 1.54) is 0 Å². The lowest BCUT2D eigenvalue weighted by Gasteiger charge is -2.10. The maximum atomic E-state index is 12.1. The smallest absolute Gasteiger partial charge is 0.251 e. The van der Waals surface area contributed by atoms with E-state index in [1.54, 1.807) is 11.8 Å². The van der Waals surface area contributed by atoms with Gasteiger partial charge in [-0.25, -0.2) is 0 Å². The molecule has 1 aromatic carbocycles. The molecule has 5 nitrogen and oxygen atoms in total. The van der Waals surface area contributed by atoms with Crippen LogP contribution in [0.5, 0.6) is 0 Å². The third-order valence-electron chi connectivity index (χ3n) is 5.05. The number of aromatic nitrogens is 3. The summed E-state index contributed by atoms with van der Waals surface area (Å²) >= 11 is 1.67. The van der Waals surface area contributed by atoms with E-state index in [1.807, 2.05) is 41.5 Å². The molecule has 0 atom stereocenters. The first-order chi connectivity index (χ1) is 13.5. The van der Waals surface area contributed by atoms with Crippen LogP contribution in [0.25, 0.3) is 22.4 Å². The highest BCUT2D eigenvalue weighted by atomic mass is 32.2. The number of carbonyl (C=O) groups excluding carboxylic acids is 1. The van der Waals surface area contributed by atoms with E-state index < -0.39 is 0 Å². The molecule has 4 rings (SSSR count). The maximum Gasteiger partial charge on any atom is 0.251 e. The Balaban J connectivity index is 1.75. The van der Waals surface area contributed by atoms with Gasteiger partial charge < -0.3 is 5.32 Å². The Hall–Kier alpha value is -2.60. The second-order valence-corrected chi connectivity index (χ2v) is 8.38. The Labute approximate surface area is 169 Å². The summed E-state index contributed by atoms with van der Waals surface area (Å²) in [5.74, 6) is 0.628. The molecule has 2 aromatic heterocycles. The number of hydrogen-bond donors (Lipinski definition) is 1. The zero-order chi connectivity index (χ0) is 19.7. The fraction of sp³-hybridized carbons (Fsp3) is 0.318. The summed E-state index contributed by atoms with van der Waals surface area (Å²) in [5, 5.41) is 7.42. The van der Waals surface area contributed by atoms with Gasteiger partial charge in [0.15, 0.2) is 0 Å². The summed E-state index contributed by atoms with van der Waals surface area (Å²) < 4.78 is 2.00. The van der Waals surface area contributed by atoms with Gasteiger partial charge in [-0.3, -0.25) is 14.5 Å². The van der Waals surface area contributed by atoms with E-state index in [0.29, 0.717) is 12.5 Å². The molecule has 0 unspecified atom stereocenters. The van der Waals surface area contributed by atoms with Crippen LogP contribution in [-0.2, 0) is 13.1 Å². The van der Waals surface area contributed by atoms with Gasteiger partial charge in [-0.2, -0.15) is 5.10 Å². The van der Waals surface area contributed by atoms with Gasteiger partial charge in [-0.05, 0) is 36.3 Å². The van der Waals surface area contributed by atoms with Crippen molar-refractivity contribution in [3.63, 3.8) is 0 Å². The fourth-order valence-corrected chi connectivity index (χ4v) is 3.78. The number of rotatable bonds is 6. The number of fused-ring (bicyclic) bond motifs is 1. The Morgan fingerprint density at radius 3 is 2.82 bits per heavy atom. The second-order valence-electron chi connectivity index (χ2n) is 7.50. The van der Waals surface area contributed by atoms with E-state index in [-0.39, 0.29) is 5.91 Å². The monoisotopic (exact) mass is 392 g/mol. The Morgan fingerprint density at radius 1 is 1.18 bits per heavy atom. The van der Waals surface area contributed by atoms with Crippen LogP contribution < -0.4 is 5.32 Å². The zero-order valence-corrected chi connectivity index (χ0v) is 17.2. The van der Waals surface area contributed by atoms with Gasteiger partial charge in [0, 0.05) is 52.6 Å². The normalized spacial score (nSPS) is 13.1. The largest absolute Gasteiger partial charge is 0.348 e. The first-order valence-electron chi connectivity index (χ1n) is 9.53. The van der Waals surface area contributed by atoms with Gasteiger partial charge in [0.05, 0.1) is 11.9 Å². The minimum atomic E-state index is -0.0133. The highest BCUT2D eigenvalue weighted by molar-refractivity contribution is 7.98. The quantitative estimate of drug-likeness (QED) is 0.622. The summed E-state index contributed by atoms with van der Waals surface area (Å²) in [6, 6.07) is 8.17. The molecule has 0 bridgehead atoms. The number of carbonyl (C=O) groups is 1. The highest BCUT2D eigenvalue weighted by Crippen LogP contribution is 2.34. The number of thioether (sulfide) groups is 1. The minimum absolute atomic E-state index is 0.0133. The van der Waals surface area contributed by atoms with Crippen molar-refractivity contribution in [2.45, 2.75) is 38.3 Å². The van der Waals surface area contributed by atoms with Crippen molar-refractivity contribution in [1.82, 2.24) is 20.1 Å². The van der Waals surface area contributed by atoms with Gasteiger partial charge in [0.2, 0.25) is 0 Å². The van der Waals surface area contributed by atoms with Crippen LogP contribution in [0.2, 0.25) is 0 Å². The van der Waals surface area contributed by atoms with E-state index >= 15 is 0 Å². The van der Waals surface area contributed by atoms with Crippen molar-refractivity contribution in [1.29, 1.82) is 0 Å². The van der Waals surface area contributed by atoms with Crippen LogP contribution in [-0.4, -0.2) is 26.9 Å². The first-order valence-corrected chi connectivity index (χ1v) is 10.8. The molecule has 0 spiro atoms. The third kappa shape index (κ3) is 3.69. The first kappa shape index (κ1) is 18.7. The van der Waals surface area contributed by atoms with Crippen LogP contribution in [0.15, 0.2) is 47.8 Å². The lowest BCUT2D eigenvalue weighted by molar-refractivity contribution is 0.0966. The van der Waals surface area contributed by atoms with Crippen LogP contribution >= 0.6 is 11.8 Å². The number of nitrogens with one attached hydrogen (secondary N) is 1. The molecule has 0 fully saturated rings. The van der Waals surface area contributed by atoms with Gasteiger partial charge in [0.1, 0.15) is 0 Å². The van der Waals surface area contributed by atoms with Gasteiger partial charge in [-0.1, -0.05) is 26.0 Å². The molecule has 0 radical (unpaired) electrons. The Bertz CT molecular complexity index is 1030. The topological polar surface area (TPSA) is 59.8 Å². The Kier molecular flexibility index (Phi) is 5.22. The van der Waals surface area contributed by atoms with Crippen LogP contribution in [0.4, 0.5) is 0 Å². The van der Waals surface area contributed by atoms with Crippen LogP contribution in [0.3, 0.4) is 0 Å². The molecule has 144 valence electrons. The molecule has 6 heteroatoms. The number of benzene rings is 1. The number of aryl methyl sites for hydroxylation is 1. The van der Waals surface area contributed by atoms with Crippen molar-refractivity contribution < 1.29 is 4.79 Å². The molecule has 0 saturated carbocycles. The van der Waals surface area contributed by atoms with E-state index in [9.17, 15) is 4.79 Å². The molecule has 1 amide bonds. The average molecular weight is 393 g/mol. The second kappa shape index (κ2) is 7.80. The van der Waals surface area contributed by atoms with Gasteiger partial charge >= 0.3 is 0 Å². The SMILES string of the molecule is CSc1cnc(-c2ccc3c(c2)C(=O)NC3)c(-c2cnn(CCC(C)C)c2)c1. The fourth-order valence-electron chi connectivity index (χ4n) is 3.38. The Morgan fingerprint density at radius 2 is 2.04 bits per heavy atom. The van der Waals surface area contributed by atoms with Crippen molar-refractivity contribution in [2.24, 2.45) is 5.92 Å². The molecule has 1 N–H and O–H groups in total. The molecule has 28 heavy (non-hydrogen) atoms. The number of hydrogen-bond acceptors (Lipinski definition) is 4. The highest BCUT2D eigenvalue weighted by Gasteiger charge is 2.20. The van der Waals surface area contributed by atoms with Crippen molar-refractivity contribution in [2.75, 3.05) is 6.26 Å². The number of amides is 1. The predicted molar refractivity (Wildman–Crippen MR) is 113 cm³/mol. The zero-order valence-electron chi connectivity index (χ0n) is 16.4.